The van der Waals surface area contributed by atoms with Crippen LogP contribution in [0.15, 0.2) is 28.7 Å². The molecule has 0 unspecified atom stereocenters. The minimum Gasteiger partial charge on any atom is -0.449 e. The van der Waals surface area contributed by atoms with Crippen LogP contribution in [0.3, 0.4) is 0 Å². The maximum Gasteiger partial charge on any atom is 0.511 e. The fourth-order valence-corrected chi connectivity index (χ4v) is 0.987. The lowest BCUT2D eigenvalue weighted by Crippen LogP contribution is -2.02. The minimum absolute atomic E-state index is 0.306. The second kappa shape index (κ2) is 3.39. The highest BCUT2D eigenvalue weighted by Gasteiger charge is 2.02. The quantitative estimate of drug-likeness (QED) is 0.580. The van der Waals surface area contributed by atoms with E-state index >= 15 is 0 Å². The van der Waals surface area contributed by atoms with Crippen molar-refractivity contribution in [3.63, 3.8) is 0 Å². The van der Waals surface area contributed by atoms with E-state index in [1.807, 2.05) is 0 Å². The van der Waals surface area contributed by atoms with E-state index in [9.17, 15) is 4.79 Å². The molecule has 0 aliphatic heterocycles. The first-order valence-corrected chi connectivity index (χ1v) is 3.65. The van der Waals surface area contributed by atoms with Gasteiger partial charge in [0.15, 0.2) is 0 Å². The monoisotopic (exact) mass is 216 g/mol. The van der Waals surface area contributed by atoms with Crippen LogP contribution >= 0.6 is 15.9 Å². The van der Waals surface area contributed by atoms with Crippen molar-refractivity contribution in [1.29, 1.82) is 0 Å². The summed E-state index contributed by atoms with van der Waals surface area (Å²) >= 11 is 3.14. The van der Waals surface area contributed by atoms with Crippen LogP contribution < -0.4 is 4.74 Å². The molecular formula is C7H5BrO3. The molecule has 0 atom stereocenters. The van der Waals surface area contributed by atoms with Gasteiger partial charge < -0.3 is 9.84 Å². The third-order valence-corrected chi connectivity index (χ3v) is 1.69. The van der Waals surface area contributed by atoms with Gasteiger partial charge in [-0.3, -0.25) is 0 Å². The molecule has 11 heavy (non-hydrogen) atoms. The lowest BCUT2D eigenvalue weighted by Gasteiger charge is -1.99. The number of benzene rings is 1. The van der Waals surface area contributed by atoms with Gasteiger partial charge in [0, 0.05) is 0 Å². The summed E-state index contributed by atoms with van der Waals surface area (Å²) in [4.78, 5) is 10.1. The zero-order valence-corrected chi connectivity index (χ0v) is 7.04. The third kappa shape index (κ3) is 2.23. The zero-order chi connectivity index (χ0) is 8.27. The largest absolute Gasteiger partial charge is 0.511 e. The van der Waals surface area contributed by atoms with Gasteiger partial charge in [0.2, 0.25) is 0 Å². The van der Waals surface area contributed by atoms with Crippen LogP contribution in [0, 0.1) is 0 Å². The second-order valence-corrected chi connectivity index (χ2v) is 2.65. The Morgan fingerprint density at radius 1 is 1.45 bits per heavy atom. The van der Waals surface area contributed by atoms with E-state index in [1.165, 1.54) is 0 Å². The van der Waals surface area contributed by atoms with Gasteiger partial charge in [0.05, 0.1) is 4.47 Å². The molecule has 4 heteroatoms. The van der Waals surface area contributed by atoms with Crippen LogP contribution in [0.25, 0.3) is 0 Å². The highest BCUT2D eigenvalue weighted by Crippen LogP contribution is 2.23. The molecule has 58 valence electrons. The minimum atomic E-state index is -1.31. The standard InChI is InChI=1S/C7H5BrO3/c8-5-3-1-2-4-6(5)11-7(9)10/h1-4H,(H,9,10). The summed E-state index contributed by atoms with van der Waals surface area (Å²) in [6.07, 6.45) is -1.31. The summed E-state index contributed by atoms with van der Waals surface area (Å²) in [6, 6.07) is 6.75. The van der Waals surface area contributed by atoms with Crippen molar-refractivity contribution < 1.29 is 14.6 Å². The Kier molecular flexibility index (Phi) is 2.48. The molecule has 0 aliphatic carbocycles. The molecule has 0 heterocycles. The maximum absolute atomic E-state index is 10.1. The second-order valence-electron chi connectivity index (χ2n) is 1.80. The predicted octanol–water partition coefficient (Wildman–Crippen LogP) is 2.51. The van der Waals surface area contributed by atoms with Crippen molar-refractivity contribution in [2.75, 3.05) is 0 Å². The van der Waals surface area contributed by atoms with Gasteiger partial charge in [0.1, 0.15) is 5.75 Å². The Morgan fingerprint density at radius 3 is 2.64 bits per heavy atom. The van der Waals surface area contributed by atoms with E-state index < -0.39 is 6.16 Å². The molecule has 0 aromatic heterocycles. The van der Waals surface area contributed by atoms with Crippen LogP contribution in [-0.2, 0) is 0 Å². The average molecular weight is 217 g/mol. The van der Waals surface area contributed by atoms with E-state index in [-0.39, 0.29) is 0 Å². The molecule has 0 bridgehead atoms. The lowest BCUT2D eigenvalue weighted by atomic mass is 10.3. The summed E-state index contributed by atoms with van der Waals surface area (Å²) in [7, 11) is 0. The van der Waals surface area contributed by atoms with Crippen molar-refractivity contribution in [3.05, 3.63) is 28.7 Å². The highest BCUT2D eigenvalue weighted by molar-refractivity contribution is 9.10. The first-order valence-electron chi connectivity index (χ1n) is 2.85. The summed E-state index contributed by atoms with van der Waals surface area (Å²) in [5.41, 5.74) is 0. The molecule has 1 aromatic carbocycles. The zero-order valence-electron chi connectivity index (χ0n) is 5.45. The van der Waals surface area contributed by atoms with Crippen molar-refractivity contribution in [2.24, 2.45) is 0 Å². The molecule has 0 radical (unpaired) electrons. The van der Waals surface area contributed by atoms with E-state index in [2.05, 4.69) is 20.7 Å². The van der Waals surface area contributed by atoms with E-state index in [1.54, 1.807) is 24.3 Å². The Bertz CT molecular complexity index is 272. The Morgan fingerprint density at radius 2 is 2.09 bits per heavy atom. The van der Waals surface area contributed by atoms with E-state index in [0.717, 1.165) is 0 Å². The normalized spacial score (nSPS) is 9.18. The molecule has 0 fully saturated rings. The van der Waals surface area contributed by atoms with Gasteiger partial charge >= 0.3 is 6.16 Å². The average Bonchev–Trinajstić information content (AvgIpc) is 1.93. The fourth-order valence-electron chi connectivity index (χ4n) is 0.622. The number of carbonyl (C=O) groups is 1. The Balaban J connectivity index is 2.86. The van der Waals surface area contributed by atoms with Crippen LogP contribution in [-0.4, -0.2) is 11.3 Å². The molecule has 0 saturated heterocycles. The van der Waals surface area contributed by atoms with Gasteiger partial charge in [-0.05, 0) is 28.1 Å². The van der Waals surface area contributed by atoms with Crippen molar-refractivity contribution >= 4 is 22.1 Å². The number of ether oxygens (including phenoxy) is 1. The smallest absolute Gasteiger partial charge is 0.449 e. The molecule has 3 nitrogen and oxygen atoms in total. The topological polar surface area (TPSA) is 46.5 Å². The first kappa shape index (κ1) is 8.07. The summed E-state index contributed by atoms with van der Waals surface area (Å²) in [5.74, 6) is 0.306. The van der Waals surface area contributed by atoms with Gasteiger partial charge in [-0.2, -0.15) is 0 Å². The van der Waals surface area contributed by atoms with E-state index in [0.29, 0.717) is 10.2 Å². The predicted molar refractivity (Wildman–Crippen MR) is 42.8 cm³/mol. The number of hydrogen-bond donors (Lipinski definition) is 1. The summed E-state index contributed by atoms with van der Waals surface area (Å²) in [5, 5.41) is 8.25. The summed E-state index contributed by atoms with van der Waals surface area (Å²) in [6.45, 7) is 0. The number of hydrogen-bond acceptors (Lipinski definition) is 2. The molecule has 0 saturated carbocycles. The van der Waals surface area contributed by atoms with Gasteiger partial charge in [-0.1, -0.05) is 12.1 Å². The van der Waals surface area contributed by atoms with E-state index in [4.69, 9.17) is 5.11 Å². The summed E-state index contributed by atoms with van der Waals surface area (Å²) < 4.78 is 5.04. The molecule has 0 amide bonds. The molecular weight excluding hydrogens is 212 g/mol. The Hall–Kier alpha value is -1.03. The SMILES string of the molecule is O=C(O)Oc1ccccc1Br. The fraction of sp³-hybridized carbons (Fsp3) is 0. The van der Waals surface area contributed by atoms with Crippen molar-refractivity contribution in [2.45, 2.75) is 0 Å². The molecule has 0 aliphatic rings. The molecule has 1 N–H and O–H groups in total. The lowest BCUT2D eigenvalue weighted by molar-refractivity contribution is 0.144. The van der Waals surface area contributed by atoms with Crippen molar-refractivity contribution in [1.82, 2.24) is 0 Å². The first-order chi connectivity index (χ1) is 5.20. The van der Waals surface area contributed by atoms with Gasteiger partial charge in [-0.25, -0.2) is 4.79 Å². The number of halogens is 1. The third-order valence-electron chi connectivity index (χ3n) is 1.03. The van der Waals surface area contributed by atoms with Crippen LogP contribution in [0.5, 0.6) is 5.75 Å². The van der Waals surface area contributed by atoms with Crippen LogP contribution in [0.4, 0.5) is 4.79 Å². The highest BCUT2D eigenvalue weighted by atomic mass is 79.9. The Labute approximate surface area is 71.7 Å². The van der Waals surface area contributed by atoms with Gasteiger partial charge in [-0.15, -0.1) is 0 Å². The number of carboxylic acid groups (broad SMARTS) is 1. The maximum atomic E-state index is 10.1. The number of para-hydroxylation sites is 1. The van der Waals surface area contributed by atoms with Crippen molar-refractivity contribution in [3.8, 4) is 5.75 Å². The van der Waals surface area contributed by atoms with Gasteiger partial charge in [0.25, 0.3) is 0 Å². The number of rotatable bonds is 1. The molecule has 1 aromatic rings. The van der Waals surface area contributed by atoms with Crippen LogP contribution in [0.1, 0.15) is 0 Å². The van der Waals surface area contributed by atoms with Crippen LogP contribution in [0.2, 0.25) is 0 Å². The molecule has 0 spiro atoms. The molecule has 1 rings (SSSR count).